The minimum absolute atomic E-state index is 0.0284. The standard InChI is InChI=1S/C23H26N2O3S/c1-25(14-17-12-13-29-16-17)15-22(26)24-23(18-4-8-20(27-2)9-5-18)19-6-10-21(28-3)11-7-19/h4-13,16,23H,14-15H2,1-3H3,(H,24,26). The maximum atomic E-state index is 12.8. The van der Waals surface area contributed by atoms with E-state index in [-0.39, 0.29) is 11.9 Å². The lowest BCUT2D eigenvalue weighted by Gasteiger charge is -2.22. The van der Waals surface area contributed by atoms with E-state index in [1.54, 1.807) is 25.6 Å². The van der Waals surface area contributed by atoms with Crippen LogP contribution in [0.3, 0.4) is 0 Å². The molecule has 1 N–H and O–H groups in total. The summed E-state index contributed by atoms with van der Waals surface area (Å²) in [6.07, 6.45) is 0. The van der Waals surface area contributed by atoms with E-state index in [9.17, 15) is 4.79 Å². The van der Waals surface area contributed by atoms with Gasteiger partial charge in [0.1, 0.15) is 11.5 Å². The van der Waals surface area contributed by atoms with Crippen molar-refractivity contribution >= 4 is 17.2 Å². The molecule has 152 valence electrons. The topological polar surface area (TPSA) is 50.8 Å². The van der Waals surface area contributed by atoms with Gasteiger partial charge in [-0.3, -0.25) is 9.69 Å². The van der Waals surface area contributed by atoms with Gasteiger partial charge in [-0.2, -0.15) is 11.3 Å². The molecule has 0 aliphatic heterocycles. The van der Waals surface area contributed by atoms with Crippen molar-refractivity contribution in [3.63, 3.8) is 0 Å². The van der Waals surface area contributed by atoms with Crippen LogP contribution in [0.15, 0.2) is 65.4 Å². The molecule has 0 radical (unpaired) electrons. The molecular formula is C23H26N2O3S. The highest BCUT2D eigenvalue weighted by Gasteiger charge is 2.18. The lowest BCUT2D eigenvalue weighted by atomic mass is 9.98. The second-order valence-corrected chi connectivity index (χ2v) is 7.63. The molecule has 0 fully saturated rings. The number of nitrogens with one attached hydrogen (secondary N) is 1. The number of carbonyl (C=O) groups is 1. The van der Waals surface area contributed by atoms with Gasteiger partial charge in [-0.05, 0) is 64.8 Å². The van der Waals surface area contributed by atoms with Gasteiger partial charge < -0.3 is 14.8 Å². The van der Waals surface area contributed by atoms with Gasteiger partial charge in [0.25, 0.3) is 0 Å². The SMILES string of the molecule is COc1ccc(C(NC(=O)CN(C)Cc2ccsc2)c2ccc(OC)cc2)cc1. The Morgan fingerprint density at radius 2 is 1.52 bits per heavy atom. The summed E-state index contributed by atoms with van der Waals surface area (Å²) in [6, 6.07) is 17.3. The van der Waals surface area contributed by atoms with Gasteiger partial charge in [-0.15, -0.1) is 0 Å². The zero-order chi connectivity index (χ0) is 20.6. The first-order chi connectivity index (χ1) is 14.1. The van der Waals surface area contributed by atoms with Crippen molar-refractivity contribution in [2.24, 2.45) is 0 Å². The predicted molar refractivity (Wildman–Crippen MR) is 117 cm³/mol. The summed E-state index contributed by atoms with van der Waals surface area (Å²) in [5, 5.41) is 7.33. The van der Waals surface area contributed by atoms with Gasteiger partial charge in [0, 0.05) is 6.54 Å². The first-order valence-corrected chi connectivity index (χ1v) is 10.3. The molecule has 0 bridgehead atoms. The Morgan fingerprint density at radius 1 is 0.966 bits per heavy atom. The largest absolute Gasteiger partial charge is 0.497 e. The number of hydrogen-bond donors (Lipinski definition) is 1. The van der Waals surface area contributed by atoms with Crippen LogP contribution in [0, 0.1) is 0 Å². The zero-order valence-electron chi connectivity index (χ0n) is 16.9. The van der Waals surface area contributed by atoms with Crippen molar-refractivity contribution in [1.82, 2.24) is 10.2 Å². The molecule has 0 aliphatic carbocycles. The summed E-state index contributed by atoms with van der Waals surface area (Å²) in [4.78, 5) is 14.8. The molecule has 0 atom stereocenters. The molecule has 6 heteroatoms. The summed E-state index contributed by atoms with van der Waals surface area (Å²) < 4.78 is 10.5. The third-order valence-electron chi connectivity index (χ3n) is 4.65. The van der Waals surface area contributed by atoms with E-state index in [2.05, 4.69) is 16.8 Å². The number of rotatable bonds is 9. The number of likely N-dealkylation sites (N-methyl/N-ethyl adjacent to an activating group) is 1. The van der Waals surface area contributed by atoms with Crippen LogP contribution >= 0.6 is 11.3 Å². The van der Waals surface area contributed by atoms with Crippen molar-refractivity contribution < 1.29 is 14.3 Å². The second-order valence-electron chi connectivity index (χ2n) is 6.85. The monoisotopic (exact) mass is 410 g/mol. The molecule has 5 nitrogen and oxygen atoms in total. The average Bonchev–Trinajstić information content (AvgIpc) is 3.25. The van der Waals surface area contributed by atoms with Crippen molar-refractivity contribution in [1.29, 1.82) is 0 Å². The average molecular weight is 411 g/mol. The van der Waals surface area contributed by atoms with Crippen LogP contribution in [0.1, 0.15) is 22.7 Å². The Labute approximate surface area is 175 Å². The molecule has 0 spiro atoms. The molecule has 1 heterocycles. The molecule has 3 rings (SSSR count). The number of nitrogens with zero attached hydrogens (tertiary/aromatic N) is 1. The molecular weight excluding hydrogens is 384 g/mol. The fourth-order valence-corrected chi connectivity index (χ4v) is 3.81. The summed E-state index contributed by atoms with van der Waals surface area (Å²) in [5.74, 6) is 1.53. The minimum atomic E-state index is -0.256. The maximum absolute atomic E-state index is 12.8. The highest BCUT2D eigenvalue weighted by molar-refractivity contribution is 7.07. The normalized spacial score (nSPS) is 10.9. The van der Waals surface area contributed by atoms with Crippen LogP contribution in [0.2, 0.25) is 0 Å². The lowest BCUT2D eigenvalue weighted by molar-refractivity contribution is -0.122. The lowest BCUT2D eigenvalue weighted by Crippen LogP contribution is -2.37. The van der Waals surface area contributed by atoms with E-state index in [1.807, 2.05) is 65.9 Å². The van der Waals surface area contributed by atoms with E-state index in [0.29, 0.717) is 6.54 Å². The molecule has 29 heavy (non-hydrogen) atoms. The van der Waals surface area contributed by atoms with Crippen molar-refractivity contribution in [2.75, 3.05) is 27.8 Å². The maximum Gasteiger partial charge on any atom is 0.234 e. The second kappa shape index (κ2) is 10.1. The number of methoxy groups -OCH3 is 2. The molecule has 0 saturated carbocycles. The van der Waals surface area contributed by atoms with Gasteiger partial charge in [0.15, 0.2) is 0 Å². The minimum Gasteiger partial charge on any atom is -0.497 e. The van der Waals surface area contributed by atoms with Gasteiger partial charge in [0.05, 0.1) is 26.8 Å². The Bertz CT molecular complexity index is 845. The molecule has 1 amide bonds. The summed E-state index contributed by atoms with van der Waals surface area (Å²) in [6.45, 7) is 1.06. The van der Waals surface area contributed by atoms with Crippen LogP contribution < -0.4 is 14.8 Å². The van der Waals surface area contributed by atoms with E-state index in [1.165, 1.54) is 5.56 Å². The number of benzene rings is 2. The van der Waals surface area contributed by atoms with Crippen molar-refractivity contribution in [3.05, 3.63) is 82.0 Å². The van der Waals surface area contributed by atoms with Gasteiger partial charge in [-0.25, -0.2) is 0 Å². The third kappa shape index (κ3) is 5.82. The number of ether oxygens (including phenoxy) is 2. The first-order valence-electron chi connectivity index (χ1n) is 9.36. The van der Waals surface area contributed by atoms with E-state index >= 15 is 0 Å². The van der Waals surface area contributed by atoms with Crippen molar-refractivity contribution in [2.45, 2.75) is 12.6 Å². The smallest absolute Gasteiger partial charge is 0.234 e. The zero-order valence-corrected chi connectivity index (χ0v) is 17.7. The number of carbonyl (C=O) groups excluding carboxylic acids is 1. The Kier molecular flexibility index (Phi) is 7.27. The van der Waals surface area contributed by atoms with Gasteiger partial charge in [0.2, 0.25) is 5.91 Å². The molecule has 0 aliphatic rings. The number of thiophene rings is 1. The number of amides is 1. The molecule has 1 aromatic heterocycles. The first kappa shape index (κ1) is 20.9. The summed E-state index contributed by atoms with van der Waals surface area (Å²) in [5.41, 5.74) is 3.20. The molecule has 0 saturated heterocycles. The Morgan fingerprint density at radius 3 is 1.97 bits per heavy atom. The highest BCUT2D eigenvalue weighted by Crippen LogP contribution is 2.26. The van der Waals surface area contributed by atoms with E-state index < -0.39 is 0 Å². The highest BCUT2D eigenvalue weighted by atomic mass is 32.1. The molecule has 0 unspecified atom stereocenters. The van der Waals surface area contributed by atoms with E-state index in [0.717, 1.165) is 29.2 Å². The fraction of sp³-hybridized carbons (Fsp3) is 0.261. The molecule has 2 aromatic carbocycles. The van der Waals surface area contributed by atoms with Gasteiger partial charge >= 0.3 is 0 Å². The quantitative estimate of drug-likeness (QED) is 0.577. The Hall–Kier alpha value is -2.83. The summed E-state index contributed by atoms with van der Waals surface area (Å²) in [7, 11) is 5.23. The Balaban J connectivity index is 1.75. The van der Waals surface area contributed by atoms with Crippen molar-refractivity contribution in [3.8, 4) is 11.5 Å². The van der Waals surface area contributed by atoms with Gasteiger partial charge in [-0.1, -0.05) is 24.3 Å². The predicted octanol–water partition coefficient (Wildman–Crippen LogP) is 4.10. The summed E-state index contributed by atoms with van der Waals surface area (Å²) >= 11 is 1.66. The number of hydrogen-bond acceptors (Lipinski definition) is 5. The van der Waals surface area contributed by atoms with Crippen LogP contribution in [-0.2, 0) is 11.3 Å². The van der Waals surface area contributed by atoms with Crippen LogP contribution in [-0.4, -0.2) is 38.6 Å². The third-order valence-corrected chi connectivity index (χ3v) is 5.38. The van der Waals surface area contributed by atoms with Crippen LogP contribution in [0.4, 0.5) is 0 Å². The fourth-order valence-electron chi connectivity index (χ4n) is 3.15. The molecule has 3 aromatic rings. The van der Waals surface area contributed by atoms with Crippen LogP contribution in [0.25, 0.3) is 0 Å². The van der Waals surface area contributed by atoms with Crippen LogP contribution in [0.5, 0.6) is 11.5 Å². The van der Waals surface area contributed by atoms with E-state index in [4.69, 9.17) is 9.47 Å².